The van der Waals surface area contributed by atoms with Gasteiger partial charge in [-0.1, -0.05) is 35.9 Å². The molecule has 0 heterocycles. The van der Waals surface area contributed by atoms with Gasteiger partial charge in [-0.3, -0.25) is 0 Å². The minimum atomic E-state index is -0.299. The first-order chi connectivity index (χ1) is 10.2. The van der Waals surface area contributed by atoms with E-state index < -0.39 is 0 Å². The maximum Gasteiger partial charge on any atom is 0.323 e. The molecule has 0 atom stereocenters. The lowest BCUT2D eigenvalue weighted by atomic mass is 10.1. The highest BCUT2D eigenvalue weighted by molar-refractivity contribution is 5.90. The summed E-state index contributed by atoms with van der Waals surface area (Å²) in [7, 11) is 1.59. The molecule has 0 bridgehead atoms. The second-order valence-electron chi connectivity index (χ2n) is 4.58. The van der Waals surface area contributed by atoms with Gasteiger partial charge in [-0.2, -0.15) is 0 Å². The summed E-state index contributed by atoms with van der Waals surface area (Å²) < 4.78 is 5.10. The Bertz CT molecular complexity index is 651. The van der Waals surface area contributed by atoms with Crippen molar-refractivity contribution in [3.05, 3.63) is 65.9 Å². The summed E-state index contributed by atoms with van der Waals surface area (Å²) in [4.78, 5) is 11.8. The topological polar surface area (TPSA) is 50.4 Å². The number of rotatable bonds is 4. The van der Waals surface area contributed by atoms with Crippen LogP contribution in [0.4, 0.5) is 10.5 Å². The number of amides is 2. The lowest BCUT2D eigenvalue weighted by Crippen LogP contribution is -2.23. The van der Waals surface area contributed by atoms with E-state index in [-0.39, 0.29) is 6.03 Å². The van der Waals surface area contributed by atoms with Crippen LogP contribution in [0.5, 0.6) is 5.75 Å². The van der Waals surface area contributed by atoms with Crippen molar-refractivity contribution in [3.63, 3.8) is 0 Å². The minimum absolute atomic E-state index is 0.299. The van der Waals surface area contributed by atoms with Crippen LogP contribution in [0.1, 0.15) is 11.1 Å². The van der Waals surface area contributed by atoms with E-state index in [1.54, 1.807) is 25.4 Å². The number of nitrogens with one attached hydrogen (secondary N) is 2. The van der Waals surface area contributed by atoms with Gasteiger partial charge >= 0.3 is 6.03 Å². The Morgan fingerprint density at radius 3 is 2.71 bits per heavy atom. The Morgan fingerprint density at radius 2 is 1.95 bits per heavy atom. The molecule has 2 rings (SSSR count). The summed E-state index contributed by atoms with van der Waals surface area (Å²) in [5.41, 5.74) is 2.89. The van der Waals surface area contributed by atoms with Crippen molar-refractivity contribution in [2.45, 2.75) is 6.92 Å². The number of benzene rings is 2. The molecule has 21 heavy (non-hydrogen) atoms. The first-order valence-corrected chi connectivity index (χ1v) is 6.62. The molecule has 0 aliphatic heterocycles. The molecule has 0 fully saturated rings. The maximum atomic E-state index is 11.8. The van der Waals surface area contributed by atoms with Gasteiger partial charge in [-0.25, -0.2) is 4.79 Å². The standard InChI is InChI=1S/C17H18N2O2/c1-13-5-3-6-14(11-13)9-10-18-17(20)19-15-7-4-8-16(12-15)21-2/h3-12H,1-2H3,(H2,18,19,20)/b10-9+. The monoisotopic (exact) mass is 282 g/mol. The summed E-state index contributed by atoms with van der Waals surface area (Å²) in [6.07, 6.45) is 3.46. The van der Waals surface area contributed by atoms with Crippen molar-refractivity contribution in [1.82, 2.24) is 5.32 Å². The van der Waals surface area contributed by atoms with E-state index in [4.69, 9.17) is 4.74 Å². The fourth-order valence-corrected chi connectivity index (χ4v) is 1.86. The fraction of sp³-hybridized carbons (Fsp3) is 0.118. The highest BCUT2D eigenvalue weighted by atomic mass is 16.5. The number of hydrogen-bond acceptors (Lipinski definition) is 2. The average molecular weight is 282 g/mol. The summed E-state index contributed by atoms with van der Waals surface area (Å²) in [5, 5.41) is 5.40. The number of hydrogen-bond donors (Lipinski definition) is 2. The van der Waals surface area contributed by atoms with E-state index in [2.05, 4.69) is 10.6 Å². The van der Waals surface area contributed by atoms with Crippen molar-refractivity contribution in [3.8, 4) is 5.75 Å². The molecule has 0 saturated carbocycles. The van der Waals surface area contributed by atoms with Crippen molar-refractivity contribution in [2.24, 2.45) is 0 Å². The molecule has 2 aromatic rings. The zero-order valence-corrected chi connectivity index (χ0v) is 12.1. The van der Waals surface area contributed by atoms with Gasteiger partial charge in [-0.05, 0) is 30.7 Å². The van der Waals surface area contributed by atoms with Gasteiger partial charge in [0, 0.05) is 18.0 Å². The van der Waals surface area contributed by atoms with Crippen molar-refractivity contribution in [2.75, 3.05) is 12.4 Å². The molecule has 108 valence electrons. The molecule has 0 aromatic heterocycles. The Hall–Kier alpha value is -2.75. The van der Waals surface area contributed by atoms with Gasteiger partial charge in [0.1, 0.15) is 5.75 Å². The quantitative estimate of drug-likeness (QED) is 0.896. The van der Waals surface area contributed by atoms with Gasteiger partial charge in [0.15, 0.2) is 0 Å². The Labute approximate surface area is 124 Å². The largest absolute Gasteiger partial charge is 0.497 e. The first-order valence-electron chi connectivity index (χ1n) is 6.62. The molecule has 0 aliphatic rings. The third-order valence-corrected chi connectivity index (χ3v) is 2.86. The molecule has 0 radical (unpaired) electrons. The SMILES string of the molecule is COc1cccc(NC(=O)N/C=C/c2cccc(C)c2)c1. The Morgan fingerprint density at radius 1 is 1.14 bits per heavy atom. The van der Waals surface area contributed by atoms with Crippen LogP contribution < -0.4 is 15.4 Å². The van der Waals surface area contributed by atoms with Gasteiger partial charge < -0.3 is 15.4 Å². The lowest BCUT2D eigenvalue weighted by Gasteiger charge is -2.06. The zero-order chi connectivity index (χ0) is 15.1. The molecule has 0 saturated heterocycles. The molecule has 4 heteroatoms. The average Bonchev–Trinajstić information content (AvgIpc) is 2.47. The summed E-state index contributed by atoms with van der Waals surface area (Å²) in [6, 6.07) is 14.9. The van der Waals surface area contributed by atoms with Crippen LogP contribution in [0, 0.1) is 6.92 Å². The van der Waals surface area contributed by atoms with Crippen molar-refractivity contribution in [1.29, 1.82) is 0 Å². The van der Waals surface area contributed by atoms with Gasteiger partial charge in [-0.15, -0.1) is 0 Å². The van der Waals surface area contributed by atoms with Crippen LogP contribution in [-0.2, 0) is 0 Å². The third kappa shape index (κ3) is 4.69. The molecular formula is C17H18N2O2. The molecule has 2 aromatic carbocycles. The highest BCUT2D eigenvalue weighted by Gasteiger charge is 2.00. The molecule has 2 N–H and O–H groups in total. The molecule has 0 aliphatic carbocycles. The molecule has 2 amide bonds. The number of carbonyl (C=O) groups is 1. The second kappa shape index (κ2) is 7.14. The summed E-state index contributed by atoms with van der Waals surface area (Å²) >= 11 is 0. The van der Waals surface area contributed by atoms with Crippen molar-refractivity contribution < 1.29 is 9.53 Å². The molecule has 0 spiro atoms. The Balaban J connectivity index is 1.90. The number of carbonyl (C=O) groups excluding carboxylic acids is 1. The number of urea groups is 1. The second-order valence-corrected chi connectivity index (χ2v) is 4.58. The minimum Gasteiger partial charge on any atom is -0.497 e. The van der Waals surface area contributed by atoms with E-state index in [1.165, 1.54) is 5.56 Å². The number of methoxy groups -OCH3 is 1. The molecular weight excluding hydrogens is 264 g/mol. The normalized spacial score (nSPS) is 10.4. The van der Waals surface area contributed by atoms with E-state index >= 15 is 0 Å². The van der Waals surface area contributed by atoms with Crippen LogP contribution in [0.25, 0.3) is 6.08 Å². The van der Waals surface area contributed by atoms with Crippen LogP contribution >= 0.6 is 0 Å². The maximum absolute atomic E-state index is 11.8. The Kier molecular flexibility index (Phi) is 4.99. The van der Waals surface area contributed by atoms with Gasteiger partial charge in [0.25, 0.3) is 0 Å². The number of anilines is 1. The smallest absolute Gasteiger partial charge is 0.323 e. The van der Waals surface area contributed by atoms with Crippen LogP contribution in [-0.4, -0.2) is 13.1 Å². The van der Waals surface area contributed by atoms with E-state index in [9.17, 15) is 4.79 Å². The third-order valence-electron chi connectivity index (χ3n) is 2.86. The predicted molar refractivity (Wildman–Crippen MR) is 85.4 cm³/mol. The highest BCUT2D eigenvalue weighted by Crippen LogP contribution is 2.16. The molecule has 4 nitrogen and oxygen atoms in total. The van der Waals surface area contributed by atoms with Crippen LogP contribution in [0.3, 0.4) is 0 Å². The number of aryl methyl sites for hydroxylation is 1. The lowest BCUT2D eigenvalue weighted by molar-refractivity contribution is 0.255. The van der Waals surface area contributed by atoms with Crippen LogP contribution in [0.15, 0.2) is 54.7 Å². The van der Waals surface area contributed by atoms with Crippen LogP contribution in [0.2, 0.25) is 0 Å². The summed E-state index contributed by atoms with van der Waals surface area (Å²) in [5.74, 6) is 0.697. The van der Waals surface area contributed by atoms with Gasteiger partial charge in [0.2, 0.25) is 0 Å². The van der Waals surface area contributed by atoms with E-state index in [0.717, 1.165) is 5.56 Å². The number of ether oxygens (including phenoxy) is 1. The first kappa shape index (κ1) is 14.7. The molecule has 0 unspecified atom stereocenters. The predicted octanol–water partition coefficient (Wildman–Crippen LogP) is 3.80. The van der Waals surface area contributed by atoms with Crippen molar-refractivity contribution >= 4 is 17.8 Å². The fourth-order valence-electron chi connectivity index (χ4n) is 1.86. The van der Waals surface area contributed by atoms with E-state index in [1.807, 2.05) is 49.4 Å². The van der Waals surface area contributed by atoms with Gasteiger partial charge in [0.05, 0.1) is 7.11 Å². The van der Waals surface area contributed by atoms with E-state index in [0.29, 0.717) is 11.4 Å². The summed E-state index contributed by atoms with van der Waals surface area (Å²) in [6.45, 7) is 2.03. The zero-order valence-electron chi connectivity index (χ0n) is 12.1.